The Labute approximate surface area is 107 Å². The first-order valence-electron chi connectivity index (χ1n) is 6.33. The zero-order valence-corrected chi connectivity index (χ0v) is 11.1. The molecule has 2 N–H and O–H groups in total. The van der Waals surface area contributed by atoms with Crippen molar-refractivity contribution < 1.29 is 4.79 Å². The second-order valence-electron chi connectivity index (χ2n) is 4.61. The first-order chi connectivity index (χ1) is 8.24. The summed E-state index contributed by atoms with van der Waals surface area (Å²) in [5, 5.41) is 1.97. The van der Waals surface area contributed by atoms with Gasteiger partial charge in [-0.15, -0.1) is 11.3 Å². The average molecular weight is 252 g/mol. The van der Waals surface area contributed by atoms with Crippen LogP contribution in [0.5, 0.6) is 0 Å². The third-order valence-electron chi connectivity index (χ3n) is 3.14. The van der Waals surface area contributed by atoms with E-state index in [4.69, 9.17) is 5.73 Å². The standard InChI is InChI=1S/C13H20N2OS/c1-2-3-8-15(10-6-7-10)13(16)12(14)11-5-4-9-17-11/h4-5,9-10,12H,2-3,6-8,14H2,1H3. The summed E-state index contributed by atoms with van der Waals surface area (Å²) >= 11 is 1.56. The third kappa shape index (κ3) is 3.07. The number of hydrogen-bond acceptors (Lipinski definition) is 3. The lowest BCUT2D eigenvalue weighted by Crippen LogP contribution is -2.40. The molecule has 4 heteroatoms. The van der Waals surface area contributed by atoms with Gasteiger partial charge in [0.1, 0.15) is 6.04 Å². The molecular weight excluding hydrogens is 232 g/mol. The van der Waals surface area contributed by atoms with E-state index < -0.39 is 6.04 Å². The molecule has 1 atom stereocenters. The molecule has 1 heterocycles. The maximum atomic E-state index is 12.3. The van der Waals surface area contributed by atoms with Crippen molar-refractivity contribution in [2.75, 3.05) is 6.54 Å². The van der Waals surface area contributed by atoms with Crippen LogP contribution < -0.4 is 5.73 Å². The molecule has 0 radical (unpaired) electrons. The molecule has 1 saturated carbocycles. The SMILES string of the molecule is CCCCN(C(=O)C(N)c1cccs1)C1CC1. The van der Waals surface area contributed by atoms with Gasteiger partial charge in [-0.3, -0.25) is 4.79 Å². The van der Waals surface area contributed by atoms with Crippen LogP contribution in [0.3, 0.4) is 0 Å². The Balaban J connectivity index is 2.00. The van der Waals surface area contributed by atoms with Gasteiger partial charge >= 0.3 is 0 Å². The van der Waals surface area contributed by atoms with Gasteiger partial charge in [0, 0.05) is 17.5 Å². The van der Waals surface area contributed by atoms with E-state index in [0.717, 1.165) is 37.1 Å². The highest BCUT2D eigenvalue weighted by Gasteiger charge is 2.34. The van der Waals surface area contributed by atoms with Crippen LogP contribution in [0.2, 0.25) is 0 Å². The fourth-order valence-electron chi connectivity index (χ4n) is 1.96. The zero-order valence-electron chi connectivity index (χ0n) is 10.3. The molecule has 94 valence electrons. The summed E-state index contributed by atoms with van der Waals surface area (Å²) in [5.41, 5.74) is 6.04. The van der Waals surface area contributed by atoms with Crippen LogP contribution in [0.4, 0.5) is 0 Å². The Morgan fingerprint density at radius 1 is 1.65 bits per heavy atom. The van der Waals surface area contributed by atoms with Crippen molar-refractivity contribution in [1.29, 1.82) is 0 Å². The van der Waals surface area contributed by atoms with E-state index >= 15 is 0 Å². The smallest absolute Gasteiger partial charge is 0.245 e. The molecule has 0 saturated heterocycles. The average Bonchev–Trinajstić information content (AvgIpc) is 3.02. The van der Waals surface area contributed by atoms with Crippen molar-refractivity contribution in [2.45, 2.75) is 44.7 Å². The fourth-order valence-corrected chi connectivity index (χ4v) is 2.67. The van der Waals surface area contributed by atoms with Gasteiger partial charge in [-0.2, -0.15) is 0 Å². The molecule has 17 heavy (non-hydrogen) atoms. The highest BCUT2D eigenvalue weighted by atomic mass is 32.1. The van der Waals surface area contributed by atoms with E-state index in [9.17, 15) is 4.79 Å². The minimum absolute atomic E-state index is 0.100. The van der Waals surface area contributed by atoms with Gasteiger partial charge in [-0.25, -0.2) is 0 Å². The van der Waals surface area contributed by atoms with Crippen LogP contribution in [0.25, 0.3) is 0 Å². The molecule has 1 amide bonds. The lowest BCUT2D eigenvalue weighted by Gasteiger charge is -2.25. The van der Waals surface area contributed by atoms with Gasteiger partial charge in [0.15, 0.2) is 0 Å². The van der Waals surface area contributed by atoms with Crippen molar-refractivity contribution in [2.24, 2.45) is 5.73 Å². The second kappa shape index (κ2) is 5.65. The largest absolute Gasteiger partial charge is 0.338 e. The van der Waals surface area contributed by atoms with E-state index in [2.05, 4.69) is 6.92 Å². The predicted molar refractivity (Wildman–Crippen MR) is 70.9 cm³/mol. The Hall–Kier alpha value is -0.870. The number of carbonyl (C=O) groups is 1. The van der Waals surface area contributed by atoms with E-state index in [0.29, 0.717) is 6.04 Å². The lowest BCUT2D eigenvalue weighted by atomic mass is 10.2. The molecule has 0 spiro atoms. The van der Waals surface area contributed by atoms with E-state index in [1.54, 1.807) is 11.3 Å². The lowest BCUT2D eigenvalue weighted by molar-refractivity contribution is -0.133. The summed E-state index contributed by atoms with van der Waals surface area (Å²) in [4.78, 5) is 15.3. The fraction of sp³-hybridized carbons (Fsp3) is 0.615. The highest BCUT2D eigenvalue weighted by Crippen LogP contribution is 2.30. The number of thiophene rings is 1. The van der Waals surface area contributed by atoms with Gasteiger partial charge in [0.2, 0.25) is 5.91 Å². The van der Waals surface area contributed by atoms with Crippen molar-refractivity contribution in [3.8, 4) is 0 Å². The summed E-state index contributed by atoms with van der Waals surface area (Å²) in [6.45, 7) is 3.01. The summed E-state index contributed by atoms with van der Waals surface area (Å²) < 4.78 is 0. The molecule has 3 nitrogen and oxygen atoms in total. The molecule has 0 aliphatic heterocycles. The van der Waals surface area contributed by atoms with Crippen molar-refractivity contribution >= 4 is 17.2 Å². The van der Waals surface area contributed by atoms with Crippen molar-refractivity contribution in [1.82, 2.24) is 4.90 Å². The molecule has 1 unspecified atom stereocenters. The summed E-state index contributed by atoms with van der Waals surface area (Å²) in [5.74, 6) is 0.100. The number of nitrogens with zero attached hydrogens (tertiary/aromatic N) is 1. The Bertz CT molecular complexity index is 360. The Morgan fingerprint density at radius 3 is 2.94 bits per heavy atom. The molecular formula is C13H20N2OS. The van der Waals surface area contributed by atoms with Gasteiger partial charge in [-0.1, -0.05) is 19.4 Å². The second-order valence-corrected chi connectivity index (χ2v) is 5.59. The van der Waals surface area contributed by atoms with Crippen molar-refractivity contribution in [3.63, 3.8) is 0 Å². The minimum Gasteiger partial charge on any atom is -0.338 e. The van der Waals surface area contributed by atoms with E-state index in [-0.39, 0.29) is 5.91 Å². The third-order valence-corrected chi connectivity index (χ3v) is 4.09. The Kier molecular flexibility index (Phi) is 4.18. The first kappa shape index (κ1) is 12.6. The zero-order chi connectivity index (χ0) is 12.3. The number of rotatable bonds is 6. The molecule has 0 bridgehead atoms. The first-order valence-corrected chi connectivity index (χ1v) is 7.21. The molecule has 1 aliphatic carbocycles. The molecule has 2 rings (SSSR count). The normalized spacial score (nSPS) is 16.8. The molecule has 0 aromatic carbocycles. The molecule has 1 aromatic rings. The van der Waals surface area contributed by atoms with Crippen LogP contribution in [0.1, 0.15) is 43.5 Å². The van der Waals surface area contributed by atoms with Crippen LogP contribution >= 0.6 is 11.3 Å². The Morgan fingerprint density at radius 2 is 2.41 bits per heavy atom. The maximum Gasteiger partial charge on any atom is 0.245 e. The number of amides is 1. The summed E-state index contributed by atoms with van der Waals surface area (Å²) in [7, 11) is 0. The van der Waals surface area contributed by atoms with Crippen molar-refractivity contribution in [3.05, 3.63) is 22.4 Å². The summed E-state index contributed by atoms with van der Waals surface area (Å²) in [6.07, 6.45) is 4.48. The summed E-state index contributed by atoms with van der Waals surface area (Å²) in [6, 6.07) is 3.88. The number of nitrogens with two attached hydrogens (primary N) is 1. The number of hydrogen-bond donors (Lipinski definition) is 1. The monoisotopic (exact) mass is 252 g/mol. The van der Waals surface area contributed by atoms with Crippen LogP contribution in [-0.4, -0.2) is 23.4 Å². The topological polar surface area (TPSA) is 46.3 Å². The number of carbonyl (C=O) groups excluding carboxylic acids is 1. The van der Waals surface area contributed by atoms with Gasteiger partial charge in [-0.05, 0) is 30.7 Å². The van der Waals surface area contributed by atoms with E-state index in [1.165, 1.54) is 0 Å². The predicted octanol–water partition coefficient (Wildman–Crippen LogP) is 2.54. The van der Waals surface area contributed by atoms with Crippen LogP contribution in [0.15, 0.2) is 17.5 Å². The molecule has 1 aromatic heterocycles. The van der Waals surface area contributed by atoms with E-state index in [1.807, 2.05) is 22.4 Å². The molecule has 1 fully saturated rings. The minimum atomic E-state index is -0.465. The maximum absolute atomic E-state index is 12.3. The quantitative estimate of drug-likeness (QED) is 0.845. The van der Waals surface area contributed by atoms with Crippen LogP contribution in [-0.2, 0) is 4.79 Å². The molecule has 1 aliphatic rings. The highest BCUT2D eigenvalue weighted by molar-refractivity contribution is 7.10. The van der Waals surface area contributed by atoms with Crippen LogP contribution in [0, 0.1) is 0 Å². The van der Waals surface area contributed by atoms with Gasteiger partial charge in [0.25, 0.3) is 0 Å². The number of unbranched alkanes of at least 4 members (excludes halogenated alkanes) is 1. The van der Waals surface area contributed by atoms with Gasteiger partial charge in [0.05, 0.1) is 0 Å². The van der Waals surface area contributed by atoms with Gasteiger partial charge < -0.3 is 10.6 Å².